The van der Waals surface area contributed by atoms with Crippen molar-refractivity contribution in [2.75, 3.05) is 18.0 Å². The summed E-state index contributed by atoms with van der Waals surface area (Å²) >= 11 is 1.82. The molecule has 3 nitrogen and oxygen atoms in total. The van der Waals surface area contributed by atoms with Crippen LogP contribution in [0.15, 0.2) is 6.20 Å². The summed E-state index contributed by atoms with van der Waals surface area (Å²) in [4.78, 5) is 8.33. The van der Waals surface area contributed by atoms with Crippen LogP contribution in [0.4, 0.5) is 5.13 Å². The Balaban J connectivity index is 2.58. The molecule has 0 spiro atoms. The molecule has 0 amide bonds. The molecule has 0 aliphatic heterocycles. The van der Waals surface area contributed by atoms with Gasteiger partial charge in [0.15, 0.2) is 5.13 Å². The maximum Gasteiger partial charge on any atom is 0.185 e. The van der Waals surface area contributed by atoms with Gasteiger partial charge in [0, 0.05) is 30.2 Å². The highest BCUT2D eigenvalue weighted by molar-refractivity contribution is 7.15. The molecule has 0 aromatic carbocycles. The van der Waals surface area contributed by atoms with E-state index in [9.17, 15) is 0 Å². The van der Waals surface area contributed by atoms with Crippen molar-refractivity contribution >= 4 is 16.5 Å². The highest BCUT2D eigenvalue weighted by Crippen LogP contribution is 2.24. The zero-order valence-electron chi connectivity index (χ0n) is 12.2. The Morgan fingerprint density at radius 2 is 2.11 bits per heavy atom. The third-order valence-corrected chi connectivity index (χ3v) is 4.00. The predicted molar refractivity (Wildman–Crippen MR) is 81.5 cm³/mol. The Bertz CT molecular complexity index is 323. The Morgan fingerprint density at radius 3 is 2.72 bits per heavy atom. The summed E-state index contributed by atoms with van der Waals surface area (Å²) in [5.41, 5.74) is 0. The monoisotopic (exact) mass is 269 g/mol. The van der Waals surface area contributed by atoms with Crippen molar-refractivity contribution in [1.82, 2.24) is 10.3 Å². The summed E-state index contributed by atoms with van der Waals surface area (Å²) in [6, 6.07) is 0.528. The number of unbranched alkanes of at least 4 members (excludes halogenated alkanes) is 2. The van der Waals surface area contributed by atoms with E-state index in [2.05, 4.69) is 42.9 Å². The van der Waals surface area contributed by atoms with Gasteiger partial charge in [-0.3, -0.25) is 0 Å². The van der Waals surface area contributed by atoms with Gasteiger partial charge in [-0.1, -0.05) is 26.7 Å². The quantitative estimate of drug-likeness (QED) is 0.694. The van der Waals surface area contributed by atoms with Gasteiger partial charge in [0.1, 0.15) is 0 Å². The van der Waals surface area contributed by atoms with Crippen molar-refractivity contribution in [2.24, 2.45) is 0 Å². The summed E-state index contributed by atoms with van der Waals surface area (Å²) in [5, 5.41) is 4.53. The highest BCUT2D eigenvalue weighted by Gasteiger charge is 2.13. The van der Waals surface area contributed by atoms with E-state index in [1.807, 2.05) is 17.5 Å². The van der Waals surface area contributed by atoms with Crippen LogP contribution >= 0.6 is 11.3 Å². The van der Waals surface area contributed by atoms with E-state index >= 15 is 0 Å². The van der Waals surface area contributed by atoms with Gasteiger partial charge in [-0.2, -0.15) is 0 Å². The molecule has 1 heterocycles. The number of hydrogen-bond donors (Lipinski definition) is 1. The highest BCUT2D eigenvalue weighted by atomic mass is 32.1. The van der Waals surface area contributed by atoms with E-state index in [0.717, 1.165) is 19.6 Å². The van der Waals surface area contributed by atoms with Gasteiger partial charge in [0.2, 0.25) is 0 Å². The molecular formula is C14H27N3S. The van der Waals surface area contributed by atoms with Crippen LogP contribution in [0.25, 0.3) is 0 Å². The lowest BCUT2D eigenvalue weighted by Gasteiger charge is -2.26. The first-order chi connectivity index (χ1) is 8.69. The molecule has 0 saturated heterocycles. The molecule has 0 unspecified atom stereocenters. The maximum atomic E-state index is 4.57. The van der Waals surface area contributed by atoms with Gasteiger partial charge in [0.25, 0.3) is 0 Å². The van der Waals surface area contributed by atoms with E-state index in [-0.39, 0.29) is 0 Å². The Kier molecular flexibility index (Phi) is 7.28. The van der Waals surface area contributed by atoms with Gasteiger partial charge < -0.3 is 10.2 Å². The molecule has 0 aliphatic carbocycles. The first kappa shape index (κ1) is 15.4. The number of anilines is 1. The van der Waals surface area contributed by atoms with Crippen LogP contribution < -0.4 is 10.2 Å². The third kappa shape index (κ3) is 4.94. The number of hydrogen-bond acceptors (Lipinski definition) is 4. The van der Waals surface area contributed by atoms with Gasteiger partial charge in [0.05, 0.1) is 0 Å². The third-order valence-electron chi connectivity index (χ3n) is 2.96. The lowest BCUT2D eigenvalue weighted by molar-refractivity contribution is 0.624. The zero-order chi connectivity index (χ0) is 13.4. The van der Waals surface area contributed by atoms with Crippen LogP contribution in [0, 0.1) is 0 Å². The van der Waals surface area contributed by atoms with E-state index < -0.39 is 0 Å². The van der Waals surface area contributed by atoms with Crippen molar-refractivity contribution in [1.29, 1.82) is 0 Å². The van der Waals surface area contributed by atoms with Crippen LogP contribution in [0.5, 0.6) is 0 Å². The van der Waals surface area contributed by atoms with Crippen LogP contribution in [0.2, 0.25) is 0 Å². The molecule has 1 N–H and O–H groups in total. The van der Waals surface area contributed by atoms with Gasteiger partial charge in [-0.15, -0.1) is 11.3 Å². The number of nitrogens with zero attached hydrogens (tertiary/aromatic N) is 2. The molecule has 0 saturated carbocycles. The topological polar surface area (TPSA) is 28.2 Å². The fourth-order valence-electron chi connectivity index (χ4n) is 1.87. The molecule has 0 fully saturated rings. The summed E-state index contributed by atoms with van der Waals surface area (Å²) < 4.78 is 0. The smallest absolute Gasteiger partial charge is 0.185 e. The van der Waals surface area contributed by atoms with Gasteiger partial charge in [-0.05, 0) is 26.8 Å². The minimum Gasteiger partial charge on any atom is -0.346 e. The lowest BCUT2D eigenvalue weighted by Crippen LogP contribution is -2.31. The second kappa shape index (κ2) is 8.48. The molecule has 1 aromatic heterocycles. The molecule has 104 valence electrons. The molecule has 1 aromatic rings. The van der Waals surface area contributed by atoms with Gasteiger partial charge in [-0.25, -0.2) is 4.98 Å². The van der Waals surface area contributed by atoms with Gasteiger partial charge >= 0.3 is 0 Å². The fourth-order valence-corrected chi connectivity index (χ4v) is 2.91. The van der Waals surface area contributed by atoms with E-state index in [4.69, 9.17) is 0 Å². The Hall–Kier alpha value is -0.610. The predicted octanol–water partition coefficient (Wildman–Crippen LogP) is 3.66. The van der Waals surface area contributed by atoms with Crippen LogP contribution in [-0.4, -0.2) is 24.1 Å². The summed E-state index contributed by atoms with van der Waals surface area (Å²) in [7, 11) is 0. The van der Waals surface area contributed by atoms with Crippen LogP contribution in [0.1, 0.15) is 51.8 Å². The Labute approximate surface area is 116 Å². The summed E-state index contributed by atoms with van der Waals surface area (Å²) in [5.74, 6) is 0. The van der Waals surface area contributed by atoms with E-state index in [1.54, 1.807) is 0 Å². The molecule has 0 aliphatic rings. The van der Waals surface area contributed by atoms with Crippen molar-refractivity contribution < 1.29 is 0 Å². The van der Waals surface area contributed by atoms with E-state index in [0.29, 0.717) is 6.04 Å². The minimum absolute atomic E-state index is 0.528. The maximum absolute atomic E-state index is 4.57. The molecule has 18 heavy (non-hydrogen) atoms. The van der Waals surface area contributed by atoms with Crippen molar-refractivity contribution in [2.45, 2.75) is 59.5 Å². The second-order valence-electron chi connectivity index (χ2n) is 4.88. The average molecular weight is 269 g/mol. The number of nitrogens with one attached hydrogen (secondary N) is 1. The fraction of sp³-hybridized carbons (Fsp3) is 0.786. The van der Waals surface area contributed by atoms with E-state index in [1.165, 1.54) is 29.3 Å². The first-order valence-corrected chi connectivity index (χ1v) is 7.92. The van der Waals surface area contributed by atoms with Crippen molar-refractivity contribution in [3.05, 3.63) is 11.1 Å². The van der Waals surface area contributed by atoms with Crippen LogP contribution in [-0.2, 0) is 6.54 Å². The molecule has 1 rings (SSSR count). The standard InChI is InChI=1S/C14H27N3S/c1-5-7-8-9-17(12(3)4)14-16-11-13(18-14)10-15-6-2/h11-12,15H,5-10H2,1-4H3. The Morgan fingerprint density at radius 1 is 1.33 bits per heavy atom. The lowest BCUT2D eigenvalue weighted by atomic mass is 10.2. The normalized spacial score (nSPS) is 11.2. The first-order valence-electron chi connectivity index (χ1n) is 7.11. The largest absolute Gasteiger partial charge is 0.346 e. The van der Waals surface area contributed by atoms with Crippen molar-refractivity contribution in [3.8, 4) is 0 Å². The zero-order valence-corrected chi connectivity index (χ0v) is 13.0. The average Bonchev–Trinajstić information content (AvgIpc) is 2.80. The molecular weight excluding hydrogens is 242 g/mol. The molecule has 4 heteroatoms. The number of thiazole rings is 1. The van der Waals surface area contributed by atoms with Crippen molar-refractivity contribution in [3.63, 3.8) is 0 Å². The molecule has 0 atom stereocenters. The van der Waals surface area contributed by atoms with Crippen LogP contribution in [0.3, 0.4) is 0 Å². The molecule has 0 bridgehead atoms. The number of rotatable bonds is 9. The second-order valence-corrected chi connectivity index (χ2v) is 5.98. The SMILES string of the molecule is CCCCCN(c1ncc(CNCC)s1)C(C)C. The summed E-state index contributed by atoms with van der Waals surface area (Å²) in [6.45, 7) is 12.0. The minimum atomic E-state index is 0.528. The summed E-state index contributed by atoms with van der Waals surface area (Å²) in [6.07, 6.45) is 5.85. The molecule has 0 radical (unpaired) electrons. The number of aromatic nitrogens is 1.